The number of imidazole rings is 1. The van der Waals surface area contributed by atoms with Crippen LogP contribution in [-0.4, -0.2) is 19.9 Å². The average Bonchev–Trinajstić information content (AvgIpc) is 3.39. The van der Waals surface area contributed by atoms with Gasteiger partial charge in [-0.2, -0.15) is 0 Å². The number of nitrogens with zero attached hydrogens (tertiary/aromatic N) is 3. The molecule has 0 radical (unpaired) electrons. The molecule has 29 heavy (non-hydrogen) atoms. The molecule has 3 heterocycles. The van der Waals surface area contributed by atoms with Crippen molar-refractivity contribution >= 4 is 39.6 Å². The Hall–Kier alpha value is -2.86. The van der Waals surface area contributed by atoms with Gasteiger partial charge in [-0.15, -0.1) is 0 Å². The van der Waals surface area contributed by atoms with Crippen molar-refractivity contribution in [2.45, 2.75) is 32.7 Å². The second kappa shape index (κ2) is 9.09. The summed E-state index contributed by atoms with van der Waals surface area (Å²) in [5, 5.41) is 3.41. The third kappa shape index (κ3) is 4.77. The molecule has 0 bridgehead atoms. The highest BCUT2D eigenvalue weighted by Crippen LogP contribution is 2.24. The van der Waals surface area contributed by atoms with E-state index in [2.05, 4.69) is 84.8 Å². The van der Waals surface area contributed by atoms with E-state index in [1.165, 1.54) is 9.13 Å². The Balaban J connectivity index is 1.69. The van der Waals surface area contributed by atoms with E-state index >= 15 is 0 Å². The molecule has 0 atom stereocenters. The van der Waals surface area contributed by atoms with Gasteiger partial charge in [-0.1, -0.05) is 31.4 Å². The molecule has 0 aliphatic carbocycles. The number of fused-ring (bicyclic) bond motifs is 1. The topological polar surface area (TPSA) is 79.6 Å². The van der Waals surface area contributed by atoms with Gasteiger partial charge in [0.15, 0.2) is 28.9 Å². The molecule has 0 saturated heterocycles. The number of unbranched alkanes of at least 4 members (excludes halogenated alkanes) is 2. The van der Waals surface area contributed by atoms with E-state index in [0.717, 1.165) is 24.8 Å². The van der Waals surface area contributed by atoms with Crippen molar-refractivity contribution in [1.82, 2.24) is 19.9 Å². The predicted octanol–water partition coefficient (Wildman–Crippen LogP) is 5.37. The van der Waals surface area contributed by atoms with Crippen LogP contribution in [0.3, 0.4) is 0 Å². The van der Waals surface area contributed by atoms with Crippen LogP contribution in [0, 0.1) is 15.4 Å². The van der Waals surface area contributed by atoms with Crippen LogP contribution < -0.4 is 5.32 Å². The smallest absolute Gasteiger partial charge is 0.199 e. The van der Waals surface area contributed by atoms with Gasteiger partial charge >= 0.3 is 0 Å². The highest BCUT2D eigenvalue weighted by molar-refractivity contribution is 14.1. The third-order valence-corrected chi connectivity index (χ3v) is 4.97. The van der Waals surface area contributed by atoms with E-state index in [4.69, 9.17) is 4.42 Å². The SMILES string of the molecule is CCCCC#Cc1nc2nc(-c3ccco3)nc(NCc3cccc(I)c3)c2[nH]1. The van der Waals surface area contributed by atoms with Crippen LogP contribution in [-0.2, 0) is 6.54 Å². The summed E-state index contributed by atoms with van der Waals surface area (Å²) in [6, 6.07) is 12.0. The number of nitrogens with one attached hydrogen (secondary N) is 2. The maximum absolute atomic E-state index is 5.48. The molecular formula is C22H20IN5O. The number of aromatic nitrogens is 4. The highest BCUT2D eigenvalue weighted by atomic mass is 127. The van der Waals surface area contributed by atoms with Crippen LogP contribution in [0.25, 0.3) is 22.7 Å². The normalized spacial score (nSPS) is 10.7. The number of anilines is 1. The van der Waals surface area contributed by atoms with E-state index < -0.39 is 0 Å². The van der Waals surface area contributed by atoms with E-state index in [1.54, 1.807) is 6.26 Å². The van der Waals surface area contributed by atoms with Gasteiger partial charge < -0.3 is 14.7 Å². The lowest BCUT2D eigenvalue weighted by Crippen LogP contribution is -2.04. The van der Waals surface area contributed by atoms with Gasteiger partial charge in [0.1, 0.15) is 5.52 Å². The van der Waals surface area contributed by atoms with Crippen LogP contribution in [0.4, 0.5) is 5.82 Å². The van der Waals surface area contributed by atoms with Crippen molar-refractivity contribution in [3.8, 4) is 23.4 Å². The number of furan rings is 1. The van der Waals surface area contributed by atoms with Gasteiger partial charge in [0, 0.05) is 16.5 Å². The van der Waals surface area contributed by atoms with Crippen molar-refractivity contribution in [3.05, 3.63) is 57.6 Å². The van der Waals surface area contributed by atoms with Gasteiger partial charge in [-0.3, -0.25) is 0 Å². The molecule has 0 spiro atoms. The number of hydrogen-bond acceptors (Lipinski definition) is 5. The largest absolute Gasteiger partial charge is 0.461 e. The maximum atomic E-state index is 5.48. The summed E-state index contributed by atoms with van der Waals surface area (Å²) in [6.07, 6.45) is 4.67. The molecular weight excluding hydrogens is 477 g/mol. The number of rotatable bonds is 6. The molecule has 0 fully saturated rings. The first kappa shape index (κ1) is 19.5. The van der Waals surface area contributed by atoms with Gasteiger partial charge in [-0.05, 0) is 64.8 Å². The first-order chi connectivity index (χ1) is 14.2. The van der Waals surface area contributed by atoms with E-state index in [9.17, 15) is 0 Å². The predicted molar refractivity (Wildman–Crippen MR) is 122 cm³/mol. The van der Waals surface area contributed by atoms with E-state index in [1.807, 2.05) is 18.2 Å². The van der Waals surface area contributed by atoms with Crippen LogP contribution in [0.1, 0.15) is 37.6 Å². The van der Waals surface area contributed by atoms with Crippen molar-refractivity contribution < 1.29 is 4.42 Å². The second-order valence-corrected chi connectivity index (χ2v) is 7.79. The number of aromatic amines is 1. The van der Waals surface area contributed by atoms with Crippen molar-refractivity contribution in [1.29, 1.82) is 0 Å². The Morgan fingerprint density at radius 3 is 2.90 bits per heavy atom. The van der Waals surface area contributed by atoms with Gasteiger partial charge in [0.2, 0.25) is 0 Å². The molecule has 1 aromatic carbocycles. The minimum Gasteiger partial charge on any atom is -0.461 e. The fraction of sp³-hybridized carbons (Fsp3) is 0.227. The van der Waals surface area contributed by atoms with Crippen molar-refractivity contribution in [3.63, 3.8) is 0 Å². The summed E-state index contributed by atoms with van der Waals surface area (Å²) in [7, 11) is 0. The lowest BCUT2D eigenvalue weighted by atomic mass is 10.2. The first-order valence-electron chi connectivity index (χ1n) is 9.51. The van der Waals surface area contributed by atoms with Crippen molar-refractivity contribution in [2.75, 3.05) is 5.32 Å². The average molecular weight is 497 g/mol. The summed E-state index contributed by atoms with van der Waals surface area (Å²) in [4.78, 5) is 17.0. The van der Waals surface area contributed by atoms with Crippen molar-refractivity contribution in [2.24, 2.45) is 0 Å². The summed E-state index contributed by atoms with van der Waals surface area (Å²) >= 11 is 2.31. The molecule has 3 aromatic heterocycles. The van der Waals surface area contributed by atoms with Crippen LogP contribution in [0.2, 0.25) is 0 Å². The third-order valence-electron chi connectivity index (χ3n) is 4.30. The van der Waals surface area contributed by atoms with Crippen LogP contribution in [0.15, 0.2) is 47.1 Å². The quantitative estimate of drug-likeness (QED) is 0.213. The molecule has 0 amide bonds. The van der Waals surface area contributed by atoms with Gasteiger partial charge in [0.25, 0.3) is 0 Å². The molecule has 0 saturated carbocycles. The molecule has 2 N–H and O–H groups in total. The zero-order chi connectivity index (χ0) is 20.1. The zero-order valence-corrected chi connectivity index (χ0v) is 18.2. The number of halogens is 1. The minimum absolute atomic E-state index is 0.490. The standard InChI is InChI=1S/C22H20IN5O/c1-2-3-4-5-11-18-25-19-21(24-14-15-8-6-9-16(23)13-15)27-20(28-22(19)26-18)17-10-7-12-29-17/h6-10,12-13H,2-4,14H2,1H3,(H2,24,25,26,27,28). The fourth-order valence-corrected chi connectivity index (χ4v) is 3.45. The summed E-state index contributed by atoms with van der Waals surface area (Å²) < 4.78 is 6.67. The molecule has 4 aromatic rings. The molecule has 6 nitrogen and oxygen atoms in total. The highest BCUT2D eigenvalue weighted by Gasteiger charge is 2.15. The molecule has 7 heteroatoms. The molecule has 0 aliphatic rings. The first-order valence-corrected chi connectivity index (χ1v) is 10.6. The Bertz CT molecular complexity index is 1170. The maximum Gasteiger partial charge on any atom is 0.199 e. The number of benzene rings is 1. The van der Waals surface area contributed by atoms with Crippen LogP contribution >= 0.6 is 22.6 Å². The van der Waals surface area contributed by atoms with Gasteiger partial charge in [-0.25, -0.2) is 15.0 Å². The zero-order valence-electron chi connectivity index (χ0n) is 16.0. The summed E-state index contributed by atoms with van der Waals surface area (Å²) in [5.41, 5.74) is 2.48. The molecule has 0 unspecified atom stereocenters. The second-order valence-electron chi connectivity index (χ2n) is 6.55. The van der Waals surface area contributed by atoms with Crippen LogP contribution in [0.5, 0.6) is 0 Å². The minimum atomic E-state index is 0.490. The summed E-state index contributed by atoms with van der Waals surface area (Å²) in [5.74, 6) is 8.61. The lowest BCUT2D eigenvalue weighted by Gasteiger charge is -2.08. The lowest BCUT2D eigenvalue weighted by molar-refractivity contribution is 0.577. The molecule has 0 aliphatic heterocycles. The van der Waals surface area contributed by atoms with E-state index in [-0.39, 0.29) is 0 Å². The Morgan fingerprint density at radius 2 is 2.10 bits per heavy atom. The summed E-state index contributed by atoms with van der Waals surface area (Å²) in [6.45, 7) is 2.79. The Labute approximate surface area is 182 Å². The Kier molecular flexibility index (Phi) is 6.10. The molecule has 4 rings (SSSR count). The fourth-order valence-electron chi connectivity index (χ4n) is 2.84. The number of H-pyrrole nitrogens is 1. The van der Waals surface area contributed by atoms with E-state index in [0.29, 0.717) is 35.4 Å². The number of hydrogen-bond donors (Lipinski definition) is 2. The molecule has 146 valence electrons. The Morgan fingerprint density at radius 1 is 1.17 bits per heavy atom. The van der Waals surface area contributed by atoms with Gasteiger partial charge in [0.05, 0.1) is 6.26 Å². The monoisotopic (exact) mass is 497 g/mol.